The summed E-state index contributed by atoms with van der Waals surface area (Å²) in [4.78, 5) is 8.06. The zero-order chi connectivity index (χ0) is 14.3. The molecule has 1 fully saturated rings. The van der Waals surface area contributed by atoms with Gasteiger partial charge in [0.2, 0.25) is 0 Å². The topological polar surface area (TPSA) is 60.9 Å². The molecule has 3 rings (SSSR count). The molecule has 2 atom stereocenters. The number of aliphatic hydroxyl groups excluding tert-OH is 1. The number of hydrogen-bond donors (Lipinski definition) is 3. The summed E-state index contributed by atoms with van der Waals surface area (Å²) in [6.45, 7) is 7.39. The van der Waals surface area contributed by atoms with Gasteiger partial charge in [-0.05, 0) is 36.0 Å². The minimum absolute atomic E-state index is 0.139. The van der Waals surface area contributed by atoms with Crippen LogP contribution in [0.4, 0.5) is 0 Å². The maximum atomic E-state index is 9.61. The highest BCUT2D eigenvalue weighted by Crippen LogP contribution is 2.30. The number of hydrogen-bond acceptors (Lipinski definition) is 3. The van der Waals surface area contributed by atoms with Crippen molar-refractivity contribution in [1.29, 1.82) is 0 Å². The maximum absolute atomic E-state index is 9.61. The molecule has 0 saturated carbocycles. The Hall–Kier alpha value is -1.39. The zero-order valence-corrected chi connectivity index (χ0v) is 12.4. The molecular formula is C16H23N3O. The van der Waals surface area contributed by atoms with Crippen molar-refractivity contribution in [2.45, 2.75) is 51.2 Å². The molecule has 4 heteroatoms. The van der Waals surface area contributed by atoms with Crippen molar-refractivity contribution >= 4 is 11.0 Å². The second-order valence-electron chi connectivity index (χ2n) is 6.44. The number of nitrogens with zero attached hydrogens (tertiary/aromatic N) is 1. The van der Waals surface area contributed by atoms with Crippen LogP contribution in [-0.4, -0.2) is 27.7 Å². The molecule has 0 unspecified atom stereocenters. The summed E-state index contributed by atoms with van der Waals surface area (Å²) >= 11 is 0. The molecule has 20 heavy (non-hydrogen) atoms. The largest absolute Gasteiger partial charge is 0.392 e. The van der Waals surface area contributed by atoms with E-state index in [9.17, 15) is 5.11 Å². The lowest BCUT2D eigenvalue weighted by atomic mass is 9.82. The van der Waals surface area contributed by atoms with Crippen molar-refractivity contribution < 1.29 is 5.11 Å². The molecule has 0 amide bonds. The Labute approximate surface area is 119 Å². The highest BCUT2D eigenvalue weighted by molar-refractivity contribution is 5.76. The predicted molar refractivity (Wildman–Crippen MR) is 80.8 cm³/mol. The summed E-state index contributed by atoms with van der Waals surface area (Å²) in [7, 11) is 0. The van der Waals surface area contributed by atoms with Crippen molar-refractivity contribution in [3.63, 3.8) is 0 Å². The van der Waals surface area contributed by atoms with Gasteiger partial charge in [0, 0.05) is 6.54 Å². The van der Waals surface area contributed by atoms with Gasteiger partial charge in [0.15, 0.2) is 0 Å². The molecule has 1 aliphatic heterocycles. The molecule has 0 radical (unpaired) electrons. The lowest BCUT2D eigenvalue weighted by Crippen LogP contribution is -2.15. The minimum Gasteiger partial charge on any atom is -0.392 e. The van der Waals surface area contributed by atoms with E-state index in [0.717, 1.165) is 29.7 Å². The van der Waals surface area contributed by atoms with Crippen LogP contribution in [0, 0.1) is 0 Å². The molecule has 1 aromatic carbocycles. The van der Waals surface area contributed by atoms with Gasteiger partial charge in [-0.25, -0.2) is 4.98 Å². The monoisotopic (exact) mass is 273 g/mol. The summed E-state index contributed by atoms with van der Waals surface area (Å²) in [6, 6.07) is 6.61. The van der Waals surface area contributed by atoms with E-state index in [1.807, 2.05) is 0 Å². The second-order valence-corrected chi connectivity index (χ2v) is 6.44. The number of β-amino-alcohol motifs (C(OH)–C–C–N with tert-alkyl or cyclic N) is 1. The van der Waals surface area contributed by atoms with Crippen LogP contribution in [0.25, 0.3) is 11.0 Å². The molecule has 0 aliphatic carbocycles. The van der Waals surface area contributed by atoms with Crippen molar-refractivity contribution in [3.8, 4) is 0 Å². The van der Waals surface area contributed by atoms with Crippen molar-refractivity contribution in [3.05, 3.63) is 29.6 Å². The average Bonchev–Trinajstić information content (AvgIpc) is 3.03. The summed E-state index contributed by atoms with van der Waals surface area (Å²) < 4.78 is 0. The van der Waals surface area contributed by atoms with E-state index in [-0.39, 0.29) is 17.6 Å². The first-order valence-electron chi connectivity index (χ1n) is 7.41. The van der Waals surface area contributed by atoms with Crippen LogP contribution in [0.15, 0.2) is 18.2 Å². The molecule has 3 N–H and O–H groups in total. The van der Waals surface area contributed by atoms with Gasteiger partial charge < -0.3 is 15.4 Å². The zero-order valence-electron chi connectivity index (χ0n) is 12.4. The molecule has 0 spiro atoms. The Morgan fingerprint density at radius 2 is 2.20 bits per heavy atom. The van der Waals surface area contributed by atoms with Crippen LogP contribution in [-0.2, 0) is 5.41 Å². The fraction of sp³-hybridized carbons (Fsp3) is 0.562. The van der Waals surface area contributed by atoms with Crippen LogP contribution in [0.3, 0.4) is 0 Å². The number of aromatic nitrogens is 2. The molecular weight excluding hydrogens is 250 g/mol. The molecule has 1 saturated heterocycles. The van der Waals surface area contributed by atoms with Crippen LogP contribution < -0.4 is 5.32 Å². The molecule has 2 aromatic rings. The van der Waals surface area contributed by atoms with Crippen LogP contribution in [0.5, 0.6) is 0 Å². The van der Waals surface area contributed by atoms with Gasteiger partial charge in [0.1, 0.15) is 5.82 Å². The van der Waals surface area contributed by atoms with Crippen LogP contribution in [0.2, 0.25) is 0 Å². The standard InChI is InChI=1S/C16H23N3O/c1-4-16(2,3)10-5-6-12-13(7-10)19-15(18-12)14-8-11(20)9-17-14/h5-7,11,14,17,20H,4,8-9H2,1-3H3,(H,18,19)/t11-,14-/m0/s1. The number of imidazole rings is 1. The number of aliphatic hydroxyl groups is 1. The Morgan fingerprint density at radius 1 is 1.40 bits per heavy atom. The van der Waals surface area contributed by atoms with Gasteiger partial charge in [-0.3, -0.25) is 0 Å². The van der Waals surface area contributed by atoms with Gasteiger partial charge >= 0.3 is 0 Å². The fourth-order valence-corrected chi connectivity index (χ4v) is 2.74. The normalized spacial score (nSPS) is 23.6. The number of benzene rings is 1. The van der Waals surface area contributed by atoms with E-state index in [0.29, 0.717) is 6.54 Å². The Morgan fingerprint density at radius 3 is 2.85 bits per heavy atom. The van der Waals surface area contributed by atoms with Gasteiger partial charge in [-0.1, -0.05) is 26.8 Å². The fourth-order valence-electron chi connectivity index (χ4n) is 2.74. The lowest BCUT2D eigenvalue weighted by molar-refractivity contribution is 0.193. The summed E-state index contributed by atoms with van der Waals surface area (Å²) in [5.74, 6) is 0.933. The Bertz CT molecular complexity index is 617. The third-order valence-corrected chi connectivity index (χ3v) is 4.60. The Kier molecular flexibility index (Phi) is 3.30. The summed E-state index contributed by atoms with van der Waals surface area (Å²) in [5, 5.41) is 12.9. The minimum atomic E-state index is -0.261. The van der Waals surface area contributed by atoms with E-state index in [1.165, 1.54) is 5.56 Å². The van der Waals surface area contributed by atoms with E-state index in [2.05, 4.69) is 54.3 Å². The number of rotatable bonds is 3. The summed E-state index contributed by atoms with van der Waals surface area (Å²) in [6.07, 6.45) is 1.58. The van der Waals surface area contributed by atoms with Gasteiger partial charge in [-0.2, -0.15) is 0 Å². The molecule has 0 bridgehead atoms. The van der Waals surface area contributed by atoms with E-state index >= 15 is 0 Å². The molecule has 2 heterocycles. The van der Waals surface area contributed by atoms with E-state index in [4.69, 9.17) is 0 Å². The van der Waals surface area contributed by atoms with Crippen LogP contribution >= 0.6 is 0 Å². The quantitative estimate of drug-likeness (QED) is 0.805. The third-order valence-electron chi connectivity index (χ3n) is 4.60. The van der Waals surface area contributed by atoms with Crippen LogP contribution in [0.1, 0.15) is 51.0 Å². The predicted octanol–water partition coefficient (Wildman–Crippen LogP) is 2.65. The van der Waals surface area contributed by atoms with Gasteiger partial charge in [-0.15, -0.1) is 0 Å². The first-order chi connectivity index (χ1) is 9.49. The first kappa shape index (κ1) is 13.6. The van der Waals surface area contributed by atoms with E-state index < -0.39 is 0 Å². The maximum Gasteiger partial charge on any atom is 0.124 e. The van der Waals surface area contributed by atoms with Gasteiger partial charge in [0.25, 0.3) is 0 Å². The molecule has 1 aromatic heterocycles. The third kappa shape index (κ3) is 2.34. The Balaban J connectivity index is 1.95. The number of H-pyrrole nitrogens is 1. The summed E-state index contributed by atoms with van der Waals surface area (Å²) in [5.41, 5.74) is 3.60. The lowest BCUT2D eigenvalue weighted by Gasteiger charge is -2.23. The second kappa shape index (κ2) is 4.86. The van der Waals surface area contributed by atoms with Crippen molar-refractivity contribution in [2.75, 3.05) is 6.54 Å². The highest BCUT2D eigenvalue weighted by Gasteiger charge is 2.26. The number of fused-ring (bicyclic) bond motifs is 1. The first-order valence-corrected chi connectivity index (χ1v) is 7.41. The average molecular weight is 273 g/mol. The molecule has 108 valence electrons. The number of nitrogens with one attached hydrogen (secondary N) is 2. The van der Waals surface area contributed by atoms with E-state index in [1.54, 1.807) is 0 Å². The van der Waals surface area contributed by atoms with Crippen molar-refractivity contribution in [2.24, 2.45) is 0 Å². The number of aromatic amines is 1. The SMILES string of the molecule is CCC(C)(C)c1ccc2nc([C@@H]3C[C@H](O)CN3)[nH]c2c1. The molecule has 4 nitrogen and oxygen atoms in total. The molecule has 1 aliphatic rings. The highest BCUT2D eigenvalue weighted by atomic mass is 16.3. The van der Waals surface area contributed by atoms with Gasteiger partial charge in [0.05, 0.1) is 23.2 Å². The van der Waals surface area contributed by atoms with Crippen molar-refractivity contribution in [1.82, 2.24) is 15.3 Å². The smallest absolute Gasteiger partial charge is 0.124 e.